The van der Waals surface area contributed by atoms with Crippen LogP contribution >= 0.6 is 11.8 Å². The summed E-state index contributed by atoms with van der Waals surface area (Å²) in [5, 5.41) is 12.1. The summed E-state index contributed by atoms with van der Waals surface area (Å²) in [5.41, 5.74) is 1.65. The summed E-state index contributed by atoms with van der Waals surface area (Å²) in [4.78, 5) is 15.4. The number of sulfonamides is 1. The molecule has 2 atom stereocenters. The quantitative estimate of drug-likeness (QED) is 0.348. The van der Waals surface area contributed by atoms with E-state index in [-0.39, 0.29) is 16.8 Å². The van der Waals surface area contributed by atoms with Crippen LogP contribution in [0.4, 0.5) is 5.69 Å². The second-order valence-electron chi connectivity index (χ2n) is 9.59. The molecule has 2 heterocycles. The van der Waals surface area contributed by atoms with Gasteiger partial charge in [-0.2, -0.15) is 4.31 Å². The lowest BCUT2D eigenvalue weighted by molar-refractivity contribution is -0.115. The average Bonchev–Trinajstić information content (AvgIpc) is 3.31. The Hall–Kier alpha value is -2.77. The highest BCUT2D eigenvalue weighted by Gasteiger charge is 2.27. The Bertz CT molecular complexity index is 1340. The van der Waals surface area contributed by atoms with E-state index in [0.29, 0.717) is 43.7 Å². The van der Waals surface area contributed by atoms with E-state index in [1.54, 1.807) is 12.1 Å². The molecule has 39 heavy (non-hydrogen) atoms. The van der Waals surface area contributed by atoms with Gasteiger partial charge in [0.1, 0.15) is 0 Å². The Morgan fingerprint density at radius 2 is 1.74 bits per heavy atom. The number of anilines is 1. The molecule has 1 aliphatic rings. The summed E-state index contributed by atoms with van der Waals surface area (Å²) < 4.78 is 34.5. The zero-order valence-electron chi connectivity index (χ0n) is 22.8. The maximum Gasteiger partial charge on any atom is 0.243 e. The third-order valence-electron chi connectivity index (χ3n) is 6.62. The fourth-order valence-corrected chi connectivity index (χ4v) is 6.69. The molecule has 0 radical (unpaired) electrons. The minimum atomic E-state index is -3.59. The Morgan fingerprint density at radius 3 is 2.36 bits per heavy atom. The van der Waals surface area contributed by atoms with Gasteiger partial charge in [0, 0.05) is 18.8 Å². The fraction of sp³-hybridized carbons (Fsp3) is 0.444. The Kier molecular flexibility index (Phi) is 9.78. The molecule has 2 aromatic carbocycles. The number of nitrogens with zero attached hydrogens (tertiary/aromatic N) is 5. The summed E-state index contributed by atoms with van der Waals surface area (Å²) >= 11 is 1.35. The molecule has 1 amide bonds. The van der Waals surface area contributed by atoms with Crippen molar-refractivity contribution in [3.8, 4) is 0 Å². The minimum absolute atomic E-state index is 0.0898. The molecule has 3 aromatic rings. The van der Waals surface area contributed by atoms with Gasteiger partial charge in [-0.3, -0.25) is 9.69 Å². The molecule has 210 valence electrons. The molecule has 0 unspecified atom stereocenters. The van der Waals surface area contributed by atoms with Crippen molar-refractivity contribution in [3.05, 3.63) is 66.0 Å². The van der Waals surface area contributed by atoms with Crippen molar-refractivity contribution in [2.24, 2.45) is 0 Å². The van der Waals surface area contributed by atoms with Crippen molar-refractivity contribution in [1.82, 2.24) is 24.0 Å². The van der Waals surface area contributed by atoms with E-state index in [1.165, 1.54) is 28.2 Å². The molecule has 0 aliphatic carbocycles. The van der Waals surface area contributed by atoms with Crippen LogP contribution in [0.3, 0.4) is 0 Å². The monoisotopic (exact) mass is 572 g/mol. The molecule has 10 nitrogen and oxygen atoms in total. The van der Waals surface area contributed by atoms with Crippen LogP contribution in [0, 0.1) is 0 Å². The Labute approximate surface area is 234 Å². The van der Waals surface area contributed by atoms with Crippen LogP contribution in [0.15, 0.2) is 64.6 Å². The van der Waals surface area contributed by atoms with Gasteiger partial charge in [-0.25, -0.2) is 8.42 Å². The zero-order chi connectivity index (χ0) is 28.0. The topological polar surface area (TPSA) is 110 Å². The number of nitrogens with one attached hydrogen (secondary N) is 1. The van der Waals surface area contributed by atoms with Crippen LogP contribution in [0.1, 0.15) is 37.7 Å². The number of thioether (sulfide) groups is 1. The molecule has 0 bridgehead atoms. The summed E-state index contributed by atoms with van der Waals surface area (Å²) in [6, 6.07) is 16.5. The number of carbonyl (C=O) groups excluding carboxylic acids is 1. The number of aromatic nitrogens is 3. The van der Waals surface area contributed by atoms with Crippen LogP contribution in [-0.2, 0) is 26.1 Å². The van der Waals surface area contributed by atoms with Gasteiger partial charge in [0.05, 0.1) is 35.9 Å². The number of ether oxygens (including phenoxy) is 1. The van der Waals surface area contributed by atoms with E-state index in [1.807, 2.05) is 39.2 Å². The summed E-state index contributed by atoms with van der Waals surface area (Å²) in [5.74, 6) is 0.651. The molecule has 1 aromatic heterocycles. The largest absolute Gasteiger partial charge is 0.379 e. The number of morpholine rings is 1. The Morgan fingerprint density at radius 1 is 1.08 bits per heavy atom. The molecule has 1 saturated heterocycles. The third kappa shape index (κ3) is 7.06. The average molecular weight is 573 g/mol. The first-order valence-electron chi connectivity index (χ1n) is 13.0. The van der Waals surface area contributed by atoms with Crippen molar-refractivity contribution >= 4 is 33.4 Å². The van der Waals surface area contributed by atoms with E-state index in [0.717, 1.165) is 17.8 Å². The predicted molar refractivity (Wildman–Crippen MR) is 152 cm³/mol. The van der Waals surface area contributed by atoms with E-state index in [2.05, 4.69) is 44.0 Å². The van der Waals surface area contributed by atoms with Crippen molar-refractivity contribution in [3.63, 3.8) is 0 Å². The second-order valence-corrected chi connectivity index (χ2v) is 12.8. The number of hydrogen-bond acceptors (Lipinski definition) is 8. The molecule has 1 fully saturated rings. The first kappa shape index (κ1) is 29.2. The number of amides is 1. The minimum Gasteiger partial charge on any atom is -0.379 e. The first-order valence-corrected chi connectivity index (χ1v) is 15.3. The van der Waals surface area contributed by atoms with Gasteiger partial charge in [0.2, 0.25) is 15.9 Å². The van der Waals surface area contributed by atoms with Gasteiger partial charge in [-0.05, 0) is 57.3 Å². The highest BCUT2D eigenvalue weighted by molar-refractivity contribution is 8.00. The van der Waals surface area contributed by atoms with Gasteiger partial charge in [-0.15, -0.1) is 10.2 Å². The SMILES string of the molecule is CC[C@H](c1nnc(S[C@@H](C)C(=O)Nc2ccc(S(=O)(=O)N3CCOCC3)cc2)n1Cc1ccccc1)N(C)C. The lowest BCUT2D eigenvalue weighted by Gasteiger charge is -2.26. The molecule has 1 aliphatic heterocycles. The van der Waals surface area contributed by atoms with E-state index in [9.17, 15) is 13.2 Å². The Balaban J connectivity index is 1.47. The number of carbonyl (C=O) groups is 1. The second kappa shape index (κ2) is 13.1. The van der Waals surface area contributed by atoms with Crippen LogP contribution in [0.2, 0.25) is 0 Å². The van der Waals surface area contributed by atoms with Crippen LogP contribution in [0.25, 0.3) is 0 Å². The summed E-state index contributed by atoms with van der Waals surface area (Å²) in [7, 11) is 0.455. The summed E-state index contributed by atoms with van der Waals surface area (Å²) in [6.45, 7) is 5.98. The van der Waals surface area contributed by atoms with Gasteiger partial charge in [0.25, 0.3) is 0 Å². The standard InChI is InChI=1S/C27H36N6O4S2/c1-5-24(31(3)4)25-29-30-27(33(25)19-21-9-7-6-8-10-21)38-20(2)26(34)28-22-11-13-23(14-12-22)39(35,36)32-15-17-37-18-16-32/h6-14,20,24H,5,15-19H2,1-4H3,(H,28,34)/t20-,24+/m0/s1. The molecule has 1 N–H and O–H groups in total. The van der Waals surface area contributed by atoms with E-state index >= 15 is 0 Å². The normalized spacial score (nSPS) is 16.2. The van der Waals surface area contributed by atoms with Crippen LogP contribution in [-0.4, -0.2) is 83.9 Å². The van der Waals surface area contributed by atoms with E-state index in [4.69, 9.17) is 4.74 Å². The van der Waals surface area contributed by atoms with Gasteiger partial charge >= 0.3 is 0 Å². The third-order valence-corrected chi connectivity index (χ3v) is 9.61. The maximum absolute atomic E-state index is 13.1. The maximum atomic E-state index is 13.1. The highest BCUT2D eigenvalue weighted by atomic mass is 32.2. The van der Waals surface area contributed by atoms with Crippen LogP contribution < -0.4 is 5.32 Å². The van der Waals surface area contributed by atoms with Gasteiger partial charge < -0.3 is 14.6 Å². The molecule has 0 saturated carbocycles. The number of benzene rings is 2. The summed E-state index contributed by atoms with van der Waals surface area (Å²) in [6.07, 6.45) is 0.873. The van der Waals surface area contributed by atoms with Crippen molar-refractivity contribution < 1.29 is 17.9 Å². The highest BCUT2D eigenvalue weighted by Crippen LogP contribution is 2.29. The van der Waals surface area contributed by atoms with Gasteiger partial charge in [0.15, 0.2) is 11.0 Å². The van der Waals surface area contributed by atoms with Crippen molar-refractivity contribution in [2.75, 3.05) is 45.7 Å². The lowest BCUT2D eigenvalue weighted by atomic mass is 10.2. The van der Waals surface area contributed by atoms with E-state index < -0.39 is 15.3 Å². The van der Waals surface area contributed by atoms with Crippen molar-refractivity contribution in [1.29, 1.82) is 0 Å². The lowest BCUT2D eigenvalue weighted by Crippen LogP contribution is -2.40. The molecular weight excluding hydrogens is 536 g/mol. The predicted octanol–water partition coefficient (Wildman–Crippen LogP) is 3.48. The smallest absolute Gasteiger partial charge is 0.243 e. The molecule has 12 heteroatoms. The fourth-order valence-electron chi connectivity index (χ4n) is 4.43. The zero-order valence-corrected chi connectivity index (χ0v) is 24.4. The molecule has 4 rings (SSSR count). The van der Waals surface area contributed by atoms with Gasteiger partial charge in [-0.1, -0.05) is 49.0 Å². The number of rotatable bonds is 11. The van der Waals surface area contributed by atoms with Crippen LogP contribution in [0.5, 0.6) is 0 Å². The number of hydrogen-bond donors (Lipinski definition) is 1. The molecule has 0 spiro atoms. The first-order chi connectivity index (χ1) is 18.7. The van der Waals surface area contributed by atoms with Crippen molar-refractivity contribution in [2.45, 2.75) is 48.2 Å². The molecular formula is C27H36N6O4S2.